The molecule has 130 valence electrons. The highest BCUT2D eigenvalue weighted by molar-refractivity contribution is 5.89. The van der Waals surface area contributed by atoms with Crippen molar-refractivity contribution in [2.75, 3.05) is 11.9 Å². The van der Waals surface area contributed by atoms with Gasteiger partial charge in [-0.2, -0.15) is 0 Å². The van der Waals surface area contributed by atoms with E-state index in [0.717, 1.165) is 24.2 Å². The van der Waals surface area contributed by atoms with Crippen molar-refractivity contribution in [3.05, 3.63) is 29.6 Å². The molecule has 0 spiro atoms. The lowest BCUT2D eigenvalue weighted by Crippen LogP contribution is -2.47. The summed E-state index contributed by atoms with van der Waals surface area (Å²) in [6.45, 7) is 2.43. The first-order chi connectivity index (χ1) is 11.5. The minimum atomic E-state index is -0.290. The largest absolute Gasteiger partial charge is 0.338 e. The van der Waals surface area contributed by atoms with Crippen molar-refractivity contribution in [3.8, 4) is 0 Å². The minimum absolute atomic E-state index is 0.233. The lowest BCUT2D eigenvalue weighted by molar-refractivity contribution is -0.0563. The molecule has 4 bridgehead atoms. The van der Waals surface area contributed by atoms with Crippen LogP contribution in [0.4, 0.5) is 14.9 Å². The average Bonchev–Trinajstić information content (AvgIpc) is 2.49. The summed E-state index contributed by atoms with van der Waals surface area (Å²) in [5.41, 5.74) is 1.58. The molecule has 0 atom stereocenters. The number of benzene rings is 1. The van der Waals surface area contributed by atoms with Gasteiger partial charge in [0.2, 0.25) is 0 Å². The summed E-state index contributed by atoms with van der Waals surface area (Å²) >= 11 is 0. The Morgan fingerprint density at radius 1 is 1.17 bits per heavy atom. The fourth-order valence-corrected chi connectivity index (χ4v) is 5.88. The summed E-state index contributed by atoms with van der Waals surface area (Å²) in [4.78, 5) is 12.0. The van der Waals surface area contributed by atoms with Crippen LogP contribution >= 0.6 is 0 Å². The van der Waals surface area contributed by atoms with E-state index >= 15 is 0 Å². The van der Waals surface area contributed by atoms with Crippen molar-refractivity contribution in [2.24, 2.45) is 23.2 Å². The summed E-state index contributed by atoms with van der Waals surface area (Å²) in [6.07, 6.45) is 9.54. The molecule has 2 N–H and O–H groups in total. The Balaban J connectivity index is 1.28. The number of amides is 2. The molecule has 2 amide bonds. The van der Waals surface area contributed by atoms with Gasteiger partial charge in [-0.3, -0.25) is 0 Å². The molecule has 0 heterocycles. The van der Waals surface area contributed by atoms with Gasteiger partial charge >= 0.3 is 6.03 Å². The predicted molar refractivity (Wildman–Crippen MR) is 93.4 cm³/mol. The molecule has 5 rings (SSSR count). The molecular formula is C20H27FN2O. The molecular weight excluding hydrogens is 303 g/mol. The Kier molecular flexibility index (Phi) is 4.01. The Labute approximate surface area is 143 Å². The molecule has 1 aromatic rings. The topological polar surface area (TPSA) is 41.1 Å². The van der Waals surface area contributed by atoms with E-state index in [2.05, 4.69) is 10.6 Å². The number of nitrogens with one attached hydrogen (secondary N) is 2. The maximum atomic E-state index is 13.5. The first-order valence-electron chi connectivity index (χ1n) is 9.32. The third-order valence-electron chi connectivity index (χ3n) is 6.54. The number of carbonyl (C=O) groups is 1. The van der Waals surface area contributed by atoms with Crippen LogP contribution < -0.4 is 10.6 Å². The fourth-order valence-electron chi connectivity index (χ4n) is 5.88. The van der Waals surface area contributed by atoms with Gasteiger partial charge in [0.15, 0.2) is 0 Å². The molecule has 4 saturated carbocycles. The van der Waals surface area contributed by atoms with E-state index in [1.54, 1.807) is 19.1 Å². The smallest absolute Gasteiger partial charge is 0.319 e. The van der Waals surface area contributed by atoms with Crippen molar-refractivity contribution < 1.29 is 9.18 Å². The SMILES string of the molecule is Cc1ccc(NC(=O)NCCC23CC4CC(CC(C4)C2)C3)cc1F. The van der Waals surface area contributed by atoms with Gasteiger partial charge in [-0.25, -0.2) is 9.18 Å². The van der Waals surface area contributed by atoms with Crippen LogP contribution in [0, 0.1) is 35.9 Å². The van der Waals surface area contributed by atoms with E-state index in [9.17, 15) is 9.18 Å². The monoisotopic (exact) mass is 330 g/mol. The van der Waals surface area contributed by atoms with E-state index < -0.39 is 0 Å². The number of urea groups is 1. The van der Waals surface area contributed by atoms with Gasteiger partial charge in [0.05, 0.1) is 0 Å². The van der Waals surface area contributed by atoms with Crippen LogP contribution in [0.5, 0.6) is 0 Å². The quantitative estimate of drug-likeness (QED) is 0.813. The molecule has 0 radical (unpaired) electrons. The molecule has 4 heteroatoms. The van der Waals surface area contributed by atoms with Gasteiger partial charge in [0.25, 0.3) is 0 Å². The van der Waals surface area contributed by atoms with Gasteiger partial charge in [-0.05, 0) is 92.7 Å². The average molecular weight is 330 g/mol. The zero-order chi connectivity index (χ0) is 16.7. The summed E-state index contributed by atoms with van der Waals surface area (Å²) < 4.78 is 13.5. The second-order valence-corrected chi connectivity index (χ2v) is 8.51. The zero-order valence-corrected chi connectivity index (χ0v) is 14.4. The van der Waals surface area contributed by atoms with Crippen molar-refractivity contribution in [3.63, 3.8) is 0 Å². The summed E-state index contributed by atoms with van der Waals surface area (Å²) in [5, 5.41) is 5.70. The zero-order valence-electron chi connectivity index (χ0n) is 14.4. The maximum absolute atomic E-state index is 13.5. The Bertz CT molecular complexity index is 607. The number of halogens is 1. The number of anilines is 1. The van der Waals surface area contributed by atoms with E-state index in [1.165, 1.54) is 44.6 Å². The van der Waals surface area contributed by atoms with Crippen LogP contribution in [0.2, 0.25) is 0 Å². The lowest BCUT2D eigenvalue weighted by atomic mass is 9.49. The highest BCUT2D eigenvalue weighted by Gasteiger charge is 2.50. The molecule has 3 nitrogen and oxygen atoms in total. The first-order valence-corrected chi connectivity index (χ1v) is 9.32. The third kappa shape index (κ3) is 3.15. The fraction of sp³-hybridized carbons (Fsp3) is 0.650. The second-order valence-electron chi connectivity index (χ2n) is 8.51. The number of rotatable bonds is 4. The van der Waals surface area contributed by atoms with Crippen LogP contribution in [0.3, 0.4) is 0 Å². The van der Waals surface area contributed by atoms with Crippen LogP contribution in [0.15, 0.2) is 18.2 Å². The van der Waals surface area contributed by atoms with Gasteiger partial charge in [-0.1, -0.05) is 6.07 Å². The maximum Gasteiger partial charge on any atom is 0.319 e. The molecule has 0 aromatic heterocycles. The molecule has 4 fully saturated rings. The Morgan fingerprint density at radius 2 is 1.79 bits per heavy atom. The molecule has 1 aromatic carbocycles. The molecule has 0 saturated heterocycles. The van der Waals surface area contributed by atoms with Crippen molar-refractivity contribution in [1.29, 1.82) is 0 Å². The lowest BCUT2D eigenvalue weighted by Gasteiger charge is -2.57. The van der Waals surface area contributed by atoms with Gasteiger partial charge in [-0.15, -0.1) is 0 Å². The van der Waals surface area contributed by atoms with Crippen LogP contribution in [-0.2, 0) is 0 Å². The first kappa shape index (κ1) is 15.9. The predicted octanol–water partition coefficient (Wildman–Crippen LogP) is 4.86. The van der Waals surface area contributed by atoms with Crippen LogP contribution in [-0.4, -0.2) is 12.6 Å². The summed E-state index contributed by atoms with van der Waals surface area (Å²) in [6, 6.07) is 4.55. The molecule has 4 aliphatic rings. The van der Waals surface area contributed by atoms with E-state index in [0.29, 0.717) is 23.2 Å². The standard InChI is InChI=1S/C20H27FN2O/c1-13-2-3-17(9-18(13)21)23-19(24)22-5-4-20-10-14-6-15(11-20)8-16(7-14)12-20/h2-3,9,14-16H,4-8,10-12H2,1H3,(H2,22,23,24). The number of hydrogen-bond acceptors (Lipinski definition) is 1. The van der Waals surface area contributed by atoms with Crippen LogP contribution in [0.1, 0.15) is 50.5 Å². The Hall–Kier alpha value is -1.58. The van der Waals surface area contributed by atoms with Crippen molar-refractivity contribution >= 4 is 11.7 Å². The number of carbonyl (C=O) groups excluding carboxylic acids is 1. The van der Waals surface area contributed by atoms with Crippen LogP contribution in [0.25, 0.3) is 0 Å². The van der Waals surface area contributed by atoms with Gasteiger partial charge < -0.3 is 10.6 Å². The second kappa shape index (κ2) is 6.05. The Morgan fingerprint density at radius 3 is 2.38 bits per heavy atom. The van der Waals surface area contributed by atoms with Crippen molar-refractivity contribution in [2.45, 2.75) is 51.9 Å². The van der Waals surface area contributed by atoms with Gasteiger partial charge in [0.1, 0.15) is 5.82 Å². The van der Waals surface area contributed by atoms with E-state index in [1.807, 2.05) is 0 Å². The molecule has 0 unspecified atom stereocenters. The van der Waals surface area contributed by atoms with E-state index in [4.69, 9.17) is 0 Å². The minimum Gasteiger partial charge on any atom is -0.338 e. The molecule has 4 aliphatic carbocycles. The van der Waals surface area contributed by atoms with E-state index in [-0.39, 0.29) is 11.8 Å². The molecule has 24 heavy (non-hydrogen) atoms. The van der Waals surface area contributed by atoms with Gasteiger partial charge in [0, 0.05) is 12.2 Å². The highest BCUT2D eigenvalue weighted by atomic mass is 19.1. The highest BCUT2D eigenvalue weighted by Crippen LogP contribution is 2.61. The summed E-state index contributed by atoms with van der Waals surface area (Å²) in [5.74, 6) is 2.54. The summed E-state index contributed by atoms with van der Waals surface area (Å²) in [7, 11) is 0. The normalized spacial score (nSPS) is 33.5. The molecule has 0 aliphatic heterocycles. The van der Waals surface area contributed by atoms with Crippen molar-refractivity contribution in [1.82, 2.24) is 5.32 Å². The number of aryl methyl sites for hydroxylation is 1. The number of hydrogen-bond donors (Lipinski definition) is 2. The third-order valence-corrected chi connectivity index (χ3v) is 6.54.